The maximum Gasteiger partial charge on any atom is 0.132 e. The predicted molar refractivity (Wildman–Crippen MR) is 110 cm³/mol. The minimum Gasteiger partial charge on any atom is -0.206 e. The van der Waals surface area contributed by atoms with E-state index in [1.165, 1.54) is 29.7 Å². The summed E-state index contributed by atoms with van der Waals surface area (Å²) < 4.78 is 14.8. The lowest BCUT2D eigenvalue weighted by Crippen LogP contribution is -1.86. The zero-order valence-corrected chi connectivity index (χ0v) is 16.1. The van der Waals surface area contributed by atoms with Gasteiger partial charge in [-0.05, 0) is 66.1 Å². The van der Waals surface area contributed by atoms with E-state index in [4.69, 9.17) is 0 Å². The van der Waals surface area contributed by atoms with Gasteiger partial charge in [0.05, 0.1) is 0 Å². The van der Waals surface area contributed by atoms with E-state index >= 15 is 0 Å². The van der Waals surface area contributed by atoms with Gasteiger partial charge in [0.25, 0.3) is 0 Å². The smallest absolute Gasteiger partial charge is 0.132 e. The third-order valence-electron chi connectivity index (χ3n) is 5.22. The van der Waals surface area contributed by atoms with E-state index in [2.05, 4.69) is 43.3 Å². The SMILES string of the molecule is CCCc1ccc(-c2ccc(-c3ccc(CCC4CC4)s3)c(F)c2)cc1. The van der Waals surface area contributed by atoms with Crippen LogP contribution < -0.4 is 0 Å². The van der Waals surface area contributed by atoms with E-state index in [0.29, 0.717) is 0 Å². The summed E-state index contributed by atoms with van der Waals surface area (Å²) in [6.07, 6.45) is 7.46. The first kappa shape index (κ1) is 17.5. The minimum atomic E-state index is -0.129. The fourth-order valence-corrected chi connectivity index (χ4v) is 4.51. The molecule has 0 spiro atoms. The molecule has 26 heavy (non-hydrogen) atoms. The molecule has 0 bridgehead atoms. The fraction of sp³-hybridized carbons (Fsp3) is 0.333. The monoisotopic (exact) mass is 364 g/mol. The molecule has 4 rings (SSSR count). The molecule has 134 valence electrons. The molecule has 0 nitrogen and oxygen atoms in total. The van der Waals surface area contributed by atoms with E-state index in [1.807, 2.05) is 12.1 Å². The van der Waals surface area contributed by atoms with Gasteiger partial charge in [0, 0.05) is 15.3 Å². The van der Waals surface area contributed by atoms with Crippen LogP contribution in [0.5, 0.6) is 0 Å². The van der Waals surface area contributed by atoms with E-state index in [9.17, 15) is 4.39 Å². The quantitative estimate of drug-likeness (QED) is 0.407. The number of benzene rings is 2. The maximum absolute atomic E-state index is 14.8. The van der Waals surface area contributed by atoms with E-state index in [0.717, 1.165) is 46.7 Å². The van der Waals surface area contributed by atoms with Crippen molar-refractivity contribution in [3.63, 3.8) is 0 Å². The first-order valence-corrected chi connectivity index (χ1v) is 10.5. The summed E-state index contributed by atoms with van der Waals surface area (Å²) in [5, 5.41) is 0. The van der Waals surface area contributed by atoms with Crippen molar-refractivity contribution in [3.8, 4) is 21.6 Å². The minimum absolute atomic E-state index is 0.129. The van der Waals surface area contributed by atoms with Crippen LogP contribution in [0.25, 0.3) is 21.6 Å². The highest BCUT2D eigenvalue weighted by Crippen LogP contribution is 2.37. The normalized spacial score (nSPS) is 13.9. The molecule has 1 aliphatic carbocycles. The van der Waals surface area contributed by atoms with Crippen LogP contribution in [-0.2, 0) is 12.8 Å². The van der Waals surface area contributed by atoms with Crippen LogP contribution in [0.4, 0.5) is 4.39 Å². The Kier molecular flexibility index (Phi) is 5.21. The van der Waals surface area contributed by atoms with Gasteiger partial charge in [-0.25, -0.2) is 4.39 Å². The molecule has 0 amide bonds. The molecule has 0 radical (unpaired) electrons. The van der Waals surface area contributed by atoms with E-state index in [-0.39, 0.29) is 5.82 Å². The van der Waals surface area contributed by atoms with Crippen LogP contribution in [0.3, 0.4) is 0 Å². The van der Waals surface area contributed by atoms with Gasteiger partial charge < -0.3 is 0 Å². The van der Waals surface area contributed by atoms with E-state index in [1.54, 1.807) is 17.4 Å². The Morgan fingerprint density at radius 2 is 1.69 bits per heavy atom. The molecule has 0 atom stereocenters. The molecule has 1 saturated carbocycles. The summed E-state index contributed by atoms with van der Waals surface area (Å²) >= 11 is 1.74. The molecule has 1 fully saturated rings. The molecule has 0 N–H and O–H groups in total. The van der Waals surface area contributed by atoms with Crippen LogP contribution in [0.2, 0.25) is 0 Å². The maximum atomic E-state index is 14.8. The van der Waals surface area contributed by atoms with Gasteiger partial charge in [-0.2, -0.15) is 0 Å². The Bertz CT molecular complexity index is 871. The van der Waals surface area contributed by atoms with Gasteiger partial charge in [-0.15, -0.1) is 11.3 Å². The molecule has 1 heterocycles. The van der Waals surface area contributed by atoms with Crippen molar-refractivity contribution >= 4 is 11.3 Å². The average molecular weight is 365 g/mol. The Hall–Kier alpha value is -1.93. The Morgan fingerprint density at radius 3 is 2.38 bits per heavy atom. The lowest BCUT2D eigenvalue weighted by Gasteiger charge is -2.07. The molecule has 0 aliphatic heterocycles. The number of aryl methyl sites for hydroxylation is 2. The summed E-state index contributed by atoms with van der Waals surface area (Å²) in [4.78, 5) is 2.42. The van der Waals surface area contributed by atoms with Gasteiger partial charge in [-0.1, -0.05) is 56.5 Å². The summed E-state index contributed by atoms with van der Waals surface area (Å²) in [6, 6.07) is 18.4. The van der Waals surface area contributed by atoms with Gasteiger partial charge in [0.15, 0.2) is 0 Å². The third-order valence-corrected chi connectivity index (χ3v) is 6.40. The summed E-state index contributed by atoms with van der Waals surface area (Å²) in [7, 11) is 0. The van der Waals surface area contributed by atoms with Crippen molar-refractivity contribution in [1.29, 1.82) is 0 Å². The topological polar surface area (TPSA) is 0 Å². The third kappa shape index (κ3) is 4.07. The number of hydrogen-bond donors (Lipinski definition) is 0. The molecule has 2 aromatic carbocycles. The first-order chi connectivity index (χ1) is 12.7. The molecule has 3 aromatic rings. The molecule has 0 unspecified atom stereocenters. The van der Waals surface area contributed by atoms with Crippen molar-refractivity contribution in [2.24, 2.45) is 5.92 Å². The second-order valence-electron chi connectivity index (χ2n) is 7.39. The first-order valence-electron chi connectivity index (χ1n) is 9.71. The van der Waals surface area contributed by atoms with Crippen LogP contribution in [0.1, 0.15) is 43.0 Å². The zero-order valence-electron chi connectivity index (χ0n) is 15.3. The van der Waals surface area contributed by atoms with Crippen molar-refractivity contribution in [3.05, 3.63) is 70.9 Å². The van der Waals surface area contributed by atoms with Gasteiger partial charge in [0.2, 0.25) is 0 Å². The van der Waals surface area contributed by atoms with Gasteiger partial charge in [-0.3, -0.25) is 0 Å². The second-order valence-corrected chi connectivity index (χ2v) is 8.56. The van der Waals surface area contributed by atoms with Crippen LogP contribution in [0.15, 0.2) is 54.6 Å². The number of halogens is 1. The van der Waals surface area contributed by atoms with Crippen molar-refractivity contribution in [1.82, 2.24) is 0 Å². The Labute approximate surface area is 159 Å². The zero-order chi connectivity index (χ0) is 17.9. The van der Waals surface area contributed by atoms with Gasteiger partial charge >= 0.3 is 0 Å². The lowest BCUT2D eigenvalue weighted by atomic mass is 10.0. The highest BCUT2D eigenvalue weighted by atomic mass is 32.1. The van der Waals surface area contributed by atoms with Crippen LogP contribution in [0, 0.1) is 11.7 Å². The Balaban J connectivity index is 1.51. The molecular weight excluding hydrogens is 339 g/mol. The Morgan fingerprint density at radius 1 is 0.923 bits per heavy atom. The largest absolute Gasteiger partial charge is 0.206 e. The standard InChI is InChI=1S/C24H25FS/c1-2-3-17-6-9-19(10-7-17)20-11-14-22(23(25)16-20)24-15-13-21(26-24)12-8-18-4-5-18/h6-7,9-11,13-16,18H,2-5,8,12H2,1H3. The highest BCUT2D eigenvalue weighted by molar-refractivity contribution is 7.15. The van der Waals surface area contributed by atoms with Gasteiger partial charge in [0.1, 0.15) is 5.82 Å². The highest BCUT2D eigenvalue weighted by Gasteiger charge is 2.21. The molecule has 0 saturated heterocycles. The molecule has 2 heteroatoms. The average Bonchev–Trinajstić information content (AvgIpc) is 3.37. The van der Waals surface area contributed by atoms with Crippen LogP contribution in [-0.4, -0.2) is 0 Å². The second kappa shape index (κ2) is 7.75. The fourth-order valence-electron chi connectivity index (χ4n) is 3.46. The van der Waals surface area contributed by atoms with E-state index < -0.39 is 0 Å². The van der Waals surface area contributed by atoms with Crippen molar-refractivity contribution in [2.75, 3.05) is 0 Å². The number of rotatable bonds is 7. The molecule has 1 aromatic heterocycles. The summed E-state index contributed by atoms with van der Waals surface area (Å²) in [6.45, 7) is 2.18. The number of hydrogen-bond acceptors (Lipinski definition) is 1. The van der Waals surface area contributed by atoms with Crippen LogP contribution >= 0.6 is 11.3 Å². The van der Waals surface area contributed by atoms with Crippen molar-refractivity contribution < 1.29 is 4.39 Å². The lowest BCUT2D eigenvalue weighted by molar-refractivity contribution is 0.632. The summed E-state index contributed by atoms with van der Waals surface area (Å²) in [5.41, 5.74) is 4.08. The molecule has 1 aliphatic rings. The van der Waals surface area contributed by atoms with Crippen molar-refractivity contribution in [2.45, 2.75) is 45.4 Å². The predicted octanol–water partition coefficient (Wildman–Crippen LogP) is 7.52. The molecular formula is C24H25FS. The number of thiophene rings is 1. The summed E-state index contributed by atoms with van der Waals surface area (Å²) in [5.74, 6) is 0.816.